The maximum atomic E-state index is 13.2. The zero-order valence-electron chi connectivity index (χ0n) is 13.7. The van der Waals surface area contributed by atoms with Crippen LogP contribution in [-0.4, -0.2) is 23.1 Å². The molecule has 0 bridgehead atoms. The van der Waals surface area contributed by atoms with Crippen molar-refractivity contribution in [2.24, 2.45) is 0 Å². The average Bonchev–Trinajstić information content (AvgIpc) is 2.65. The zero-order chi connectivity index (χ0) is 17.3. The second kappa shape index (κ2) is 8.63. The second-order valence-corrected chi connectivity index (χ2v) is 5.34. The van der Waals surface area contributed by atoms with Crippen molar-refractivity contribution in [2.45, 2.75) is 6.54 Å². The fourth-order valence-corrected chi connectivity index (χ4v) is 2.23. The van der Waals surface area contributed by atoms with Crippen molar-refractivity contribution < 1.29 is 9.13 Å². The van der Waals surface area contributed by atoms with Crippen LogP contribution >= 0.6 is 0 Å². The summed E-state index contributed by atoms with van der Waals surface area (Å²) in [6.07, 6.45) is 1.67. The summed E-state index contributed by atoms with van der Waals surface area (Å²) in [5, 5.41) is 6.27. The molecule has 0 saturated carbocycles. The van der Waals surface area contributed by atoms with E-state index >= 15 is 0 Å². The third-order valence-electron chi connectivity index (χ3n) is 3.42. The quantitative estimate of drug-likeness (QED) is 0.613. The van der Waals surface area contributed by atoms with Crippen molar-refractivity contribution in [3.63, 3.8) is 0 Å². The number of aromatic nitrogens is 2. The first-order valence-electron chi connectivity index (χ1n) is 8.03. The average molecular weight is 338 g/mol. The summed E-state index contributed by atoms with van der Waals surface area (Å²) in [5.41, 5.74) is 0.851. The minimum absolute atomic E-state index is 0.247. The highest BCUT2D eigenvalue weighted by molar-refractivity contribution is 5.40. The molecule has 0 aliphatic rings. The molecule has 0 radical (unpaired) electrons. The van der Waals surface area contributed by atoms with Crippen LogP contribution in [0.3, 0.4) is 0 Å². The molecule has 0 amide bonds. The van der Waals surface area contributed by atoms with Crippen molar-refractivity contribution in [2.75, 3.05) is 23.8 Å². The van der Waals surface area contributed by atoms with Gasteiger partial charge in [-0.05, 0) is 35.9 Å². The minimum Gasteiger partial charge on any atom is -0.492 e. The van der Waals surface area contributed by atoms with Gasteiger partial charge < -0.3 is 15.4 Å². The van der Waals surface area contributed by atoms with Crippen LogP contribution in [0.2, 0.25) is 0 Å². The molecule has 2 aromatic carbocycles. The van der Waals surface area contributed by atoms with Crippen molar-refractivity contribution in [1.29, 1.82) is 0 Å². The van der Waals surface area contributed by atoms with Crippen molar-refractivity contribution in [1.82, 2.24) is 9.97 Å². The van der Waals surface area contributed by atoms with E-state index in [0.29, 0.717) is 31.5 Å². The number of rotatable bonds is 8. The number of anilines is 2. The number of halogens is 1. The SMILES string of the molecule is Fc1cccc(CNc2ccnc(NCCOc3ccccc3)n2)c1. The number of nitrogens with zero attached hydrogens (tertiary/aromatic N) is 2. The van der Waals surface area contributed by atoms with Crippen molar-refractivity contribution in [3.05, 3.63) is 78.2 Å². The molecule has 0 fully saturated rings. The van der Waals surface area contributed by atoms with Gasteiger partial charge in [0, 0.05) is 12.7 Å². The Morgan fingerprint density at radius 1 is 0.960 bits per heavy atom. The van der Waals surface area contributed by atoms with E-state index in [-0.39, 0.29) is 5.82 Å². The Morgan fingerprint density at radius 3 is 2.68 bits per heavy atom. The van der Waals surface area contributed by atoms with Gasteiger partial charge >= 0.3 is 0 Å². The number of hydrogen-bond acceptors (Lipinski definition) is 5. The molecular weight excluding hydrogens is 319 g/mol. The van der Waals surface area contributed by atoms with Gasteiger partial charge in [0.2, 0.25) is 5.95 Å². The first-order chi connectivity index (χ1) is 12.3. The van der Waals surface area contributed by atoms with Gasteiger partial charge in [-0.15, -0.1) is 0 Å². The molecular formula is C19H19FN4O. The topological polar surface area (TPSA) is 59.1 Å². The zero-order valence-corrected chi connectivity index (χ0v) is 13.7. The lowest BCUT2D eigenvalue weighted by Crippen LogP contribution is -2.14. The standard InChI is InChI=1S/C19H19FN4O/c20-16-6-4-5-15(13-16)14-23-18-9-10-21-19(24-18)22-11-12-25-17-7-2-1-3-8-17/h1-10,13H,11-12,14H2,(H2,21,22,23,24). The normalized spacial score (nSPS) is 10.3. The Labute approximate surface area is 145 Å². The first-order valence-corrected chi connectivity index (χ1v) is 8.03. The smallest absolute Gasteiger partial charge is 0.224 e. The number of nitrogens with one attached hydrogen (secondary N) is 2. The Balaban J connectivity index is 1.46. The van der Waals surface area contributed by atoms with E-state index in [0.717, 1.165) is 11.3 Å². The summed E-state index contributed by atoms with van der Waals surface area (Å²) in [5.74, 6) is 1.77. The summed E-state index contributed by atoms with van der Waals surface area (Å²) in [7, 11) is 0. The molecule has 1 heterocycles. The molecule has 6 heteroatoms. The van der Waals surface area contributed by atoms with Gasteiger partial charge in [-0.25, -0.2) is 9.37 Å². The first kappa shape index (κ1) is 16.7. The van der Waals surface area contributed by atoms with Crippen molar-refractivity contribution in [3.8, 4) is 5.75 Å². The minimum atomic E-state index is -0.247. The molecule has 0 aliphatic carbocycles. The second-order valence-electron chi connectivity index (χ2n) is 5.34. The van der Waals surface area contributed by atoms with Gasteiger partial charge in [-0.3, -0.25) is 0 Å². The van der Waals surface area contributed by atoms with Gasteiger partial charge in [0.1, 0.15) is 24.0 Å². The van der Waals surface area contributed by atoms with E-state index in [9.17, 15) is 4.39 Å². The number of ether oxygens (including phenoxy) is 1. The summed E-state index contributed by atoms with van der Waals surface area (Å²) in [6.45, 7) is 1.59. The fraction of sp³-hybridized carbons (Fsp3) is 0.158. The highest BCUT2D eigenvalue weighted by Crippen LogP contribution is 2.10. The van der Waals surface area contributed by atoms with E-state index in [1.54, 1.807) is 18.3 Å². The summed E-state index contributed by atoms with van der Waals surface area (Å²) in [4.78, 5) is 8.55. The van der Waals surface area contributed by atoms with Gasteiger partial charge in [-0.2, -0.15) is 4.98 Å². The van der Waals surface area contributed by atoms with Crippen LogP contribution in [0, 0.1) is 5.82 Å². The predicted octanol–water partition coefficient (Wildman–Crippen LogP) is 3.72. The summed E-state index contributed by atoms with van der Waals surface area (Å²) < 4.78 is 18.8. The third-order valence-corrected chi connectivity index (χ3v) is 3.42. The van der Waals surface area contributed by atoms with Crippen LogP contribution in [0.25, 0.3) is 0 Å². The Morgan fingerprint density at radius 2 is 1.84 bits per heavy atom. The molecule has 3 rings (SSSR count). The van der Waals surface area contributed by atoms with E-state index in [1.807, 2.05) is 36.4 Å². The number of hydrogen-bond donors (Lipinski definition) is 2. The van der Waals surface area contributed by atoms with E-state index < -0.39 is 0 Å². The van der Waals surface area contributed by atoms with Gasteiger partial charge in [0.25, 0.3) is 0 Å². The van der Waals surface area contributed by atoms with Crippen LogP contribution in [0.5, 0.6) is 5.75 Å². The molecule has 0 aliphatic heterocycles. The number of para-hydroxylation sites is 1. The van der Waals surface area contributed by atoms with Crippen molar-refractivity contribution >= 4 is 11.8 Å². The van der Waals surface area contributed by atoms with E-state index in [1.165, 1.54) is 12.1 Å². The molecule has 0 spiro atoms. The molecule has 2 N–H and O–H groups in total. The third kappa shape index (κ3) is 5.46. The lowest BCUT2D eigenvalue weighted by atomic mass is 10.2. The van der Waals surface area contributed by atoms with Gasteiger partial charge in [0.05, 0.1) is 6.54 Å². The highest BCUT2D eigenvalue weighted by Gasteiger charge is 2.00. The molecule has 5 nitrogen and oxygen atoms in total. The monoisotopic (exact) mass is 338 g/mol. The lowest BCUT2D eigenvalue weighted by Gasteiger charge is -2.09. The van der Waals surface area contributed by atoms with Crippen LogP contribution < -0.4 is 15.4 Å². The molecule has 0 atom stereocenters. The molecule has 0 unspecified atom stereocenters. The number of benzene rings is 2. The van der Waals surface area contributed by atoms with Crippen LogP contribution in [0.15, 0.2) is 66.9 Å². The van der Waals surface area contributed by atoms with Gasteiger partial charge in [-0.1, -0.05) is 30.3 Å². The Hall–Kier alpha value is -3.15. The molecule has 3 aromatic rings. The summed E-state index contributed by atoms with van der Waals surface area (Å²) in [6, 6.07) is 17.9. The van der Waals surface area contributed by atoms with E-state index in [2.05, 4.69) is 20.6 Å². The molecule has 0 saturated heterocycles. The predicted molar refractivity (Wildman–Crippen MR) is 96.2 cm³/mol. The van der Waals surface area contributed by atoms with Crippen LogP contribution in [-0.2, 0) is 6.54 Å². The maximum Gasteiger partial charge on any atom is 0.224 e. The van der Waals surface area contributed by atoms with Crippen LogP contribution in [0.4, 0.5) is 16.2 Å². The molecule has 25 heavy (non-hydrogen) atoms. The largest absolute Gasteiger partial charge is 0.492 e. The highest BCUT2D eigenvalue weighted by atomic mass is 19.1. The summed E-state index contributed by atoms with van der Waals surface area (Å²) >= 11 is 0. The lowest BCUT2D eigenvalue weighted by molar-refractivity contribution is 0.332. The maximum absolute atomic E-state index is 13.2. The Bertz CT molecular complexity index is 798. The molecule has 128 valence electrons. The fourth-order valence-electron chi connectivity index (χ4n) is 2.23. The van der Waals surface area contributed by atoms with E-state index in [4.69, 9.17) is 4.74 Å². The molecule has 1 aromatic heterocycles. The van der Waals surface area contributed by atoms with Gasteiger partial charge in [0.15, 0.2) is 0 Å². The Kier molecular flexibility index (Phi) is 5.77. The van der Waals surface area contributed by atoms with Crippen LogP contribution in [0.1, 0.15) is 5.56 Å².